The summed E-state index contributed by atoms with van der Waals surface area (Å²) in [6.07, 6.45) is 0. The summed E-state index contributed by atoms with van der Waals surface area (Å²) in [5.41, 5.74) is 21.2. The van der Waals surface area contributed by atoms with Crippen molar-refractivity contribution in [3.8, 4) is 67.3 Å². The minimum Gasteiger partial charge on any atom is -0.317 e. The molecule has 0 amide bonds. The highest BCUT2D eigenvalue weighted by atomic mass is 15.1. The number of benzene rings is 13. The van der Waals surface area contributed by atoms with Crippen molar-refractivity contribution < 1.29 is 0 Å². The molecule has 0 aliphatic rings. The zero-order valence-electron chi connectivity index (χ0n) is 45.5. The second kappa shape index (κ2) is 18.8. The molecule has 13 aromatic carbocycles. The number of para-hydroxylation sites is 4. The lowest BCUT2D eigenvalue weighted by Gasteiger charge is -2.25. The van der Waals surface area contributed by atoms with E-state index in [0.717, 1.165) is 154 Å². The first-order chi connectivity index (χ1) is 41.7. The van der Waals surface area contributed by atoms with Crippen molar-refractivity contribution in [2.24, 2.45) is 0 Å². The first-order valence-corrected chi connectivity index (χ1v) is 28.6. The van der Waals surface area contributed by atoms with Gasteiger partial charge >= 0.3 is 0 Å². The molecule has 0 saturated heterocycles. The van der Waals surface area contributed by atoms with Gasteiger partial charge in [0.2, 0.25) is 5.69 Å². The molecule has 4 heterocycles. The zero-order chi connectivity index (χ0) is 55.4. The van der Waals surface area contributed by atoms with Gasteiger partial charge in [-0.05, 0) is 123 Å². The molecule has 84 heavy (non-hydrogen) atoms. The van der Waals surface area contributed by atoms with E-state index in [1.807, 2.05) is 0 Å². The molecule has 0 spiro atoms. The minimum atomic E-state index is 0.522. The number of hydrogen-bond donors (Lipinski definition) is 0. The van der Waals surface area contributed by atoms with E-state index >= 15 is 0 Å². The van der Waals surface area contributed by atoms with Crippen LogP contribution in [0.5, 0.6) is 0 Å². The van der Waals surface area contributed by atoms with E-state index < -0.39 is 0 Å². The molecule has 5 heteroatoms. The number of hydrogen-bond acceptors (Lipinski definition) is 0. The molecule has 0 bridgehead atoms. The molecule has 17 aromatic rings. The molecule has 390 valence electrons. The molecule has 0 atom stereocenters. The van der Waals surface area contributed by atoms with Crippen molar-refractivity contribution in [3.63, 3.8) is 0 Å². The van der Waals surface area contributed by atoms with E-state index in [1.165, 1.54) is 0 Å². The second-order valence-electron chi connectivity index (χ2n) is 21.9. The Morgan fingerprint density at radius 1 is 0.202 bits per heavy atom. The summed E-state index contributed by atoms with van der Waals surface area (Å²) in [6.45, 7) is 10.0. The van der Waals surface area contributed by atoms with E-state index in [0.29, 0.717) is 5.69 Å². The highest BCUT2D eigenvalue weighted by molar-refractivity contribution is 6.17. The molecule has 0 saturated carbocycles. The van der Waals surface area contributed by atoms with Crippen LogP contribution < -0.4 is 0 Å². The van der Waals surface area contributed by atoms with Gasteiger partial charge in [0.1, 0.15) is 0 Å². The van der Waals surface area contributed by atoms with Crippen LogP contribution in [0, 0.1) is 6.57 Å². The molecule has 5 nitrogen and oxygen atoms in total. The van der Waals surface area contributed by atoms with Crippen LogP contribution in [0.3, 0.4) is 0 Å². The van der Waals surface area contributed by atoms with E-state index in [1.54, 1.807) is 0 Å². The molecular weight excluding hydrogens is 1020 g/mol. The lowest BCUT2D eigenvalue weighted by Crippen LogP contribution is -2.11. The van der Waals surface area contributed by atoms with Crippen LogP contribution in [0.4, 0.5) is 5.69 Å². The fraction of sp³-hybridized carbons (Fsp3) is 0. The predicted molar refractivity (Wildman–Crippen MR) is 352 cm³/mol. The fourth-order valence-electron chi connectivity index (χ4n) is 13.6. The summed E-state index contributed by atoms with van der Waals surface area (Å²) in [7, 11) is 0. The molecule has 0 radical (unpaired) electrons. The lowest BCUT2D eigenvalue weighted by molar-refractivity contribution is 1.05. The summed E-state index contributed by atoms with van der Waals surface area (Å²) >= 11 is 0. The van der Waals surface area contributed by atoms with Crippen LogP contribution in [0.25, 0.3) is 159 Å². The van der Waals surface area contributed by atoms with Crippen LogP contribution >= 0.6 is 0 Å². The monoisotopic (exact) mass is 1070 g/mol. The first-order valence-electron chi connectivity index (χ1n) is 28.6. The van der Waals surface area contributed by atoms with Gasteiger partial charge in [-0.2, -0.15) is 0 Å². The van der Waals surface area contributed by atoms with Crippen molar-refractivity contribution in [2.45, 2.75) is 0 Å². The Hall–Kier alpha value is -11.5. The second-order valence-corrected chi connectivity index (χ2v) is 21.9. The van der Waals surface area contributed by atoms with Crippen LogP contribution in [0.15, 0.2) is 297 Å². The maximum absolute atomic E-state index is 10.0. The van der Waals surface area contributed by atoms with Gasteiger partial charge < -0.3 is 18.3 Å². The topological polar surface area (TPSA) is 24.1 Å². The Kier molecular flexibility index (Phi) is 10.6. The largest absolute Gasteiger partial charge is 0.317 e. The normalized spacial score (nSPS) is 11.8. The van der Waals surface area contributed by atoms with Gasteiger partial charge in [0.25, 0.3) is 0 Å². The third kappa shape index (κ3) is 7.14. The standard InChI is InChI=1S/C79H49N5/c1-80-77-78(83-67-34-18-14-30-59(67)60-31-15-19-35-68(60)83)75(81-71-42-38-55(51-22-6-2-7-23-51)46-63(71)64-47-56(39-43-72(64)81)52-24-8-3-9-25-52)50-76(79(77)84-69-36-20-16-32-61(69)62-33-17-21-37-70(62)84)82-73-44-40-57(53-26-10-4-11-27-53)48-65(73)66-49-58(41-45-74(66)82)54-28-12-5-13-29-54/h2-50H. The van der Waals surface area contributed by atoms with Gasteiger partial charge in [0, 0.05) is 43.1 Å². The lowest BCUT2D eigenvalue weighted by atomic mass is 10.0. The van der Waals surface area contributed by atoms with Gasteiger partial charge in [-0.1, -0.05) is 218 Å². The zero-order valence-corrected chi connectivity index (χ0v) is 45.5. The predicted octanol–water partition coefficient (Wildman–Crippen LogP) is 21.3. The summed E-state index contributed by atoms with van der Waals surface area (Å²) < 4.78 is 9.67. The van der Waals surface area contributed by atoms with E-state index in [2.05, 4.69) is 316 Å². The van der Waals surface area contributed by atoms with Crippen molar-refractivity contribution in [1.82, 2.24) is 18.3 Å². The maximum Gasteiger partial charge on any atom is 0.238 e. The van der Waals surface area contributed by atoms with Crippen molar-refractivity contribution in [2.75, 3.05) is 0 Å². The quantitative estimate of drug-likeness (QED) is 0.135. The van der Waals surface area contributed by atoms with E-state index in [4.69, 9.17) is 4.85 Å². The average Bonchev–Trinajstić information content (AvgIpc) is 1.97. The van der Waals surface area contributed by atoms with Crippen LogP contribution in [0.1, 0.15) is 0 Å². The highest BCUT2D eigenvalue weighted by Crippen LogP contribution is 2.51. The van der Waals surface area contributed by atoms with Crippen LogP contribution in [0.2, 0.25) is 0 Å². The van der Waals surface area contributed by atoms with E-state index in [-0.39, 0.29) is 0 Å². The molecule has 0 N–H and O–H groups in total. The molecule has 0 unspecified atom stereocenters. The molecule has 17 rings (SSSR count). The Labute approximate surface area is 484 Å². The molecule has 0 fully saturated rings. The Morgan fingerprint density at radius 3 is 0.702 bits per heavy atom. The van der Waals surface area contributed by atoms with Gasteiger partial charge in [-0.25, -0.2) is 4.85 Å². The molecule has 0 aliphatic heterocycles. The van der Waals surface area contributed by atoms with Crippen molar-refractivity contribution in [1.29, 1.82) is 0 Å². The van der Waals surface area contributed by atoms with Crippen LogP contribution in [-0.2, 0) is 0 Å². The van der Waals surface area contributed by atoms with E-state index in [9.17, 15) is 6.57 Å². The third-order valence-corrected chi connectivity index (χ3v) is 17.4. The smallest absolute Gasteiger partial charge is 0.238 e. The highest BCUT2D eigenvalue weighted by Gasteiger charge is 2.31. The Bertz CT molecular complexity index is 4900. The fourth-order valence-corrected chi connectivity index (χ4v) is 13.6. The maximum atomic E-state index is 10.0. The first kappa shape index (κ1) is 47.4. The summed E-state index contributed by atoms with van der Waals surface area (Å²) in [6, 6.07) is 108. The number of aromatic nitrogens is 4. The van der Waals surface area contributed by atoms with Crippen molar-refractivity contribution in [3.05, 3.63) is 309 Å². The summed E-state index contributed by atoms with van der Waals surface area (Å²) in [5, 5.41) is 8.94. The molecule has 4 aromatic heterocycles. The number of rotatable bonds is 8. The van der Waals surface area contributed by atoms with Gasteiger partial charge in [-0.15, -0.1) is 0 Å². The summed E-state index contributed by atoms with van der Waals surface area (Å²) in [5.74, 6) is 0. The average molecular weight is 1070 g/mol. The minimum absolute atomic E-state index is 0.522. The third-order valence-electron chi connectivity index (χ3n) is 17.4. The Balaban J connectivity index is 1.10. The van der Waals surface area contributed by atoms with Crippen molar-refractivity contribution >= 4 is 92.9 Å². The van der Waals surface area contributed by atoms with Gasteiger partial charge in [0.15, 0.2) is 0 Å². The number of fused-ring (bicyclic) bond motifs is 12. The van der Waals surface area contributed by atoms with Gasteiger partial charge in [-0.3, -0.25) is 0 Å². The number of nitrogens with zero attached hydrogens (tertiary/aromatic N) is 5. The van der Waals surface area contributed by atoms with Gasteiger partial charge in [0.05, 0.1) is 73.5 Å². The Morgan fingerprint density at radius 2 is 0.440 bits per heavy atom. The SMILES string of the molecule is [C-]#[N+]c1c(-n2c3ccccc3c3ccccc32)c(-n2c3ccc(-c4ccccc4)cc3c3cc(-c4ccccc4)ccc32)cc(-n2c3ccc(-c4ccccc4)cc3c3cc(-c4ccccc4)ccc32)c1-n1c2ccccc2c2ccccc21. The summed E-state index contributed by atoms with van der Waals surface area (Å²) in [4.78, 5) is 4.97. The molecule has 0 aliphatic carbocycles. The molecular formula is C79H49N5. The van der Waals surface area contributed by atoms with Crippen LogP contribution in [-0.4, -0.2) is 18.3 Å².